The number of aromatic nitrogens is 3. The fraction of sp³-hybridized carbons (Fsp3) is 0.259. The van der Waals surface area contributed by atoms with Crippen molar-refractivity contribution in [3.8, 4) is 11.1 Å². The van der Waals surface area contributed by atoms with Gasteiger partial charge in [-0.3, -0.25) is 9.59 Å². The SMILES string of the molecule is Cc1ccc(CNC(=O)C2(C)CN(c3ncnn4cc(-c5ccc6c(c5)CNC6=O)cc34)C2)cc1. The van der Waals surface area contributed by atoms with Crippen LogP contribution in [0.15, 0.2) is 61.1 Å². The average molecular weight is 467 g/mol. The monoisotopic (exact) mass is 466 g/mol. The Labute approximate surface area is 203 Å². The van der Waals surface area contributed by atoms with Crippen LogP contribution in [0.4, 0.5) is 5.82 Å². The number of nitrogens with zero attached hydrogens (tertiary/aromatic N) is 4. The number of amides is 2. The molecule has 176 valence electrons. The van der Waals surface area contributed by atoms with E-state index < -0.39 is 5.41 Å². The lowest BCUT2D eigenvalue weighted by Crippen LogP contribution is -2.62. The molecule has 0 spiro atoms. The van der Waals surface area contributed by atoms with Crippen LogP contribution in [-0.2, 0) is 17.9 Å². The normalized spacial score (nSPS) is 16.1. The second-order valence-corrected chi connectivity index (χ2v) is 9.78. The molecule has 2 aromatic heterocycles. The first kappa shape index (κ1) is 21.3. The fourth-order valence-electron chi connectivity index (χ4n) is 4.92. The van der Waals surface area contributed by atoms with Crippen LogP contribution in [0.3, 0.4) is 0 Å². The van der Waals surface area contributed by atoms with Crippen LogP contribution >= 0.6 is 0 Å². The van der Waals surface area contributed by atoms with E-state index in [1.165, 1.54) is 5.56 Å². The number of aryl methyl sites for hydroxylation is 1. The van der Waals surface area contributed by atoms with E-state index in [1.807, 2.05) is 48.0 Å². The maximum Gasteiger partial charge on any atom is 0.251 e. The summed E-state index contributed by atoms with van der Waals surface area (Å²) in [5, 5.41) is 10.3. The number of carbonyl (C=O) groups excluding carboxylic acids is 2. The first-order valence-corrected chi connectivity index (χ1v) is 11.7. The summed E-state index contributed by atoms with van der Waals surface area (Å²) in [5.41, 5.74) is 6.49. The second-order valence-electron chi connectivity index (χ2n) is 9.78. The van der Waals surface area contributed by atoms with Gasteiger partial charge in [0, 0.05) is 43.5 Å². The van der Waals surface area contributed by atoms with E-state index in [0.717, 1.165) is 39.2 Å². The Morgan fingerprint density at radius 2 is 1.91 bits per heavy atom. The minimum atomic E-state index is -0.471. The number of carbonyl (C=O) groups is 2. The highest BCUT2D eigenvalue weighted by molar-refractivity contribution is 5.99. The Balaban J connectivity index is 1.18. The summed E-state index contributed by atoms with van der Waals surface area (Å²) in [6.45, 7) is 6.31. The third-order valence-electron chi connectivity index (χ3n) is 7.01. The predicted molar refractivity (Wildman–Crippen MR) is 133 cm³/mol. The Hall–Kier alpha value is -4.20. The molecule has 4 aromatic rings. The van der Waals surface area contributed by atoms with Crippen LogP contribution in [0.25, 0.3) is 16.6 Å². The molecule has 0 unspecified atom stereocenters. The van der Waals surface area contributed by atoms with Crippen molar-refractivity contribution in [2.75, 3.05) is 18.0 Å². The zero-order valence-electron chi connectivity index (χ0n) is 19.7. The average Bonchev–Trinajstić information content (AvgIpc) is 3.45. The van der Waals surface area contributed by atoms with Crippen LogP contribution in [0.5, 0.6) is 0 Å². The predicted octanol–water partition coefficient (Wildman–Crippen LogP) is 3.09. The molecule has 2 aliphatic heterocycles. The molecule has 0 radical (unpaired) electrons. The van der Waals surface area contributed by atoms with Crippen molar-refractivity contribution >= 4 is 23.1 Å². The van der Waals surface area contributed by atoms with E-state index in [9.17, 15) is 9.59 Å². The number of anilines is 1. The third-order valence-corrected chi connectivity index (χ3v) is 7.01. The molecule has 0 aliphatic carbocycles. The molecule has 2 aromatic carbocycles. The summed E-state index contributed by atoms with van der Waals surface area (Å²) in [6, 6.07) is 16.1. The largest absolute Gasteiger partial charge is 0.352 e. The van der Waals surface area contributed by atoms with Crippen LogP contribution < -0.4 is 15.5 Å². The molecule has 0 bridgehead atoms. The van der Waals surface area contributed by atoms with Gasteiger partial charge in [-0.15, -0.1) is 0 Å². The highest BCUT2D eigenvalue weighted by Crippen LogP contribution is 2.36. The molecule has 0 atom stereocenters. The standard InChI is InChI=1S/C27H26N6O2/c1-17-3-5-18(6-4-17)11-29-26(35)27(2)14-32(15-27)24-23-10-21(13-33(23)31-16-30-24)19-7-8-22-20(9-19)12-28-25(22)34/h3-10,13,16H,11-12,14-15H2,1-2H3,(H,28,34)(H,29,35). The van der Waals surface area contributed by atoms with Crippen molar-refractivity contribution in [3.63, 3.8) is 0 Å². The number of benzene rings is 2. The number of hydrogen-bond donors (Lipinski definition) is 2. The minimum Gasteiger partial charge on any atom is -0.352 e. The maximum atomic E-state index is 12.9. The van der Waals surface area contributed by atoms with Crippen molar-refractivity contribution < 1.29 is 9.59 Å². The smallest absolute Gasteiger partial charge is 0.251 e. The Morgan fingerprint density at radius 3 is 2.71 bits per heavy atom. The summed E-state index contributed by atoms with van der Waals surface area (Å²) in [5.74, 6) is 0.843. The number of fused-ring (bicyclic) bond motifs is 2. The van der Waals surface area contributed by atoms with Crippen molar-refractivity contribution in [2.45, 2.75) is 26.9 Å². The first-order chi connectivity index (χ1) is 16.9. The van der Waals surface area contributed by atoms with Crippen LogP contribution in [0, 0.1) is 12.3 Å². The molecular formula is C27H26N6O2. The molecule has 1 fully saturated rings. The first-order valence-electron chi connectivity index (χ1n) is 11.7. The summed E-state index contributed by atoms with van der Waals surface area (Å²) in [7, 11) is 0. The lowest BCUT2D eigenvalue weighted by Gasteiger charge is -2.47. The van der Waals surface area contributed by atoms with Gasteiger partial charge in [-0.05, 0) is 48.7 Å². The van der Waals surface area contributed by atoms with Gasteiger partial charge in [-0.25, -0.2) is 9.50 Å². The highest BCUT2D eigenvalue weighted by Gasteiger charge is 2.46. The summed E-state index contributed by atoms with van der Waals surface area (Å²) >= 11 is 0. The molecule has 4 heterocycles. The van der Waals surface area contributed by atoms with Crippen molar-refractivity contribution in [2.24, 2.45) is 5.41 Å². The molecule has 8 nitrogen and oxygen atoms in total. The molecule has 0 saturated carbocycles. The molecule has 2 aliphatic rings. The van der Waals surface area contributed by atoms with E-state index in [2.05, 4.69) is 50.7 Å². The molecule has 2 amide bonds. The van der Waals surface area contributed by atoms with E-state index in [4.69, 9.17) is 0 Å². The topological polar surface area (TPSA) is 91.6 Å². The zero-order valence-corrected chi connectivity index (χ0v) is 19.7. The van der Waals surface area contributed by atoms with E-state index in [1.54, 1.807) is 6.33 Å². The van der Waals surface area contributed by atoms with E-state index >= 15 is 0 Å². The van der Waals surface area contributed by atoms with Gasteiger partial charge < -0.3 is 15.5 Å². The lowest BCUT2D eigenvalue weighted by atomic mass is 9.81. The van der Waals surface area contributed by atoms with Crippen LogP contribution in [-0.4, -0.2) is 39.5 Å². The maximum absolute atomic E-state index is 12.9. The Bertz CT molecular complexity index is 1470. The van der Waals surface area contributed by atoms with Crippen LogP contribution in [0.2, 0.25) is 0 Å². The van der Waals surface area contributed by atoms with E-state index in [-0.39, 0.29) is 11.8 Å². The summed E-state index contributed by atoms with van der Waals surface area (Å²) in [6.07, 6.45) is 3.52. The zero-order chi connectivity index (χ0) is 24.2. The van der Waals surface area contributed by atoms with E-state index in [0.29, 0.717) is 26.2 Å². The van der Waals surface area contributed by atoms with Crippen molar-refractivity contribution in [1.29, 1.82) is 0 Å². The molecular weight excluding hydrogens is 440 g/mol. The fourth-order valence-corrected chi connectivity index (χ4v) is 4.92. The second kappa shape index (κ2) is 7.94. The Morgan fingerprint density at radius 1 is 1.11 bits per heavy atom. The van der Waals surface area contributed by atoms with Crippen molar-refractivity contribution in [1.82, 2.24) is 25.2 Å². The van der Waals surface area contributed by atoms with Gasteiger partial charge in [0.05, 0.1) is 5.41 Å². The number of nitrogens with one attached hydrogen (secondary N) is 2. The molecule has 2 N–H and O–H groups in total. The third kappa shape index (κ3) is 3.71. The summed E-state index contributed by atoms with van der Waals surface area (Å²) < 4.78 is 1.82. The molecule has 6 rings (SSSR count). The minimum absolute atomic E-state index is 0.0227. The van der Waals surface area contributed by atoms with Gasteiger partial charge in [0.25, 0.3) is 5.91 Å². The number of hydrogen-bond acceptors (Lipinski definition) is 5. The molecule has 1 saturated heterocycles. The summed E-state index contributed by atoms with van der Waals surface area (Å²) in [4.78, 5) is 31.5. The van der Waals surface area contributed by atoms with Gasteiger partial charge in [0.2, 0.25) is 5.91 Å². The lowest BCUT2D eigenvalue weighted by molar-refractivity contribution is -0.131. The van der Waals surface area contributed by atoms with Gasteiger partial charge in [-0.2, -0.15) is 5.10 Å². The Kier molecular flexibility index (Phi) is 4.84. The van der Waals surface area contributed by atoms with Gasteiger partial charge in [0.15, 0.2) is 5.82 Å². The van der Waals surface area contributed by atoms with Gasteiger partial charge in [-0.1, -0.05) is 35.9 Å². The highest BCUT2D eigenvalue weighted by atomic mass is 16.2. The van der Waals surface area contributed by atoms with Crippen molar-refractivity contribution in [3.05, 3.63) is 83.3 Å². The quantitative estimate of drug-likeness (QED) is 0.472. The molecule has 35 heavy (non-hydrogen) atoms. The van der Waals surface area contributed by atoms with Crippen LogP contribution in [0.1, 0.15) is 34.0 Å². The van der Waals surface area contributed by atoms with Gasteiger partial charge in [0.1, 0.15) is 11.8 Å². The van der Waals surface area contributed by atoms with Gasteiger partial charge >= 0.3 is 0 Å². The molecule has 8 heteroatoms. The number of rotatable bonds is 5.